The van der Waals surface area contributed by atoms with Crippen molar-refractivity contribution in [2.24, 2.45) is 5.41 Å². The van der Waals surface area contributed by atoms with Gasteiger partial charge in [0, 0.05) is 0 Å². The van der Waals surface area contributed by atoms with Crippen LogP contribution in [0.2, 0.25) is 0 Å². The molecule has 0 spiro atoms. The molecule has 0 aliphatic heterocycles. The van der Waals surface area contributed by atoms with E-state index in [1.54, 1.807) is 0 Å². The minimum absolute atomic E-state index is 0.514. The lowest BCUT2D eigenvalue weighted by molar-refractivity contribution is 0.419. The Bertz CT molecular complexity index is 155. The summed E-state index contributed by atoms with van der Waals surface area (Å²) in [6, 6.07) is 0. The number of halogens is 1. The SMILES string of the molecule is C/C=C(/C)CC(C)(C)CPBI. The molecule has 0 aromatic carbocycles. The van der Waals surface area contributed by atoms with Crippen molar-refractivity contribution < 1.29 is 0 Å². The van der Waals surface area contributed by atoms with Crippen LogP contribution in [0.5, 0.6) is 0 Å². The van der Waals surface area contributed by atoms with Crippen molar-refractivity contribution in [1.82, 2.24) is 0 Å². The van der Waals surface area contributed by atoms with Gasteiger partial charge in [-0.3, -0.25) is 0 Å². The maximum Gasteiger partial charge on any atom is 0.225 e. The molecule has 0 aromatic rings. The standard InChI is InChI=1S/C9H19BIP/c1-5-8(2)6-9(3,4)7-12-10-11/h5,10,12H,6-7H2,1-4H3/b8-5-. The number of rotatable bonds is 5. The molecule has 0 saturated carbocycles. The van der Waals surface area contributed by atoms with Gasteiger partial charge in [0.05, 0.1) is 0 Å². The van der Waals surface area contributed by atoms with E-state index in [0.29, 0.717) is 5.41 Å². The first-order valence-electron chi connectivity index (χ1n) is 4.40. The van der Waals surface area contributed by atoms with Gasteiger partial charge in [-0.1, -0.05) is 25.5 Å². The zero-order valence-electron chi connectivity index (χ0n) is 8.58. The highest BCUT2D eigenvalue weighted by Gasteiger charge is 2.17. The van der Waals surface area contributed by atoms with E-state index in [1.165, 1.54) is 23.0 Å². The van der Waals surface area contributed by atoms with Crippen molar-refractivity contribution in [2.75, 3.05) is 6.16 Å². The van der Waals surface area contributed by atoms with Crippen molar-refractivity contribution in [1.29, 1.82) is 0 Å². The quantitative estimate of drug-likeness (QED) is 0.314. The molecule has 0 amide bonds. The van der Waals surface area contributed by atoms with Crippen LogP contribution in [0.1, 0.15) is 34.1 Å². The predicted molar refractivity (Wildman–Crippen MR) is 72.2 cm³/mol. The molecule has 0 rings (SSSR count). The fourth-order valence-corrected chi connectivity index (χ4v) is 3.01. The van der Waals surface area contributed by atoms with Gasteiger partial charge in [-0.05, 0) is 31.8 Å². The lowest BCUT2D eigenvalue weighted by Crippen LogP contribution is -2.14. The maximum absolute atomic E-state index is 2.47. The van der Waals surface area contributed by atoms with Crippen LogP contribution in [0.3, 0.4) is 0 Å². The molecule has 1 unspecified atom stereocenters. The fourth-order valence-electron chi connectivity index (χ4n) is 1.31. The number of allylic oxidation sites excluding steroid dienone is 2. The Morgan fingerprint density at radius 2 is 2.17 bits per heavy atom. The Labute approximate surface area is 92.8 Å². The van der Waals surface area contributed by atoms with Crippen molar-refractivity contribution in [3.05, 3.63) is 11.6 Å². The Balaban J connectivity index is 3.86. The molecule has 0 aliphatic rings. The van der Waals surface area contributed by atoms with E-state index in [0.717, 1.165) is 8.46 Å². The average molecular weight is 296 g/mol. The summed E-state index contributed by atoms with van der Waals surface area (Å²) in [4.78, 5) is 1.32. The van der Waals surface area contributed by atoms with Crippen LogP contribution in [0.25, 0.3) is 0 Å². The van der Waals surface area contributed by atoms with Gasteiger partial charge in [0.15, 0.2) is 0 Å². The first-order chi connectivity index (χ1) is 5.52. The fraction of sp³-hybridized carbons (Fsp3) is 0.778. The number of hydrogen-bond donors (Lipinski definition) is 0. The van der Waals surface area contributed by atoms with E-state index in [1.807, 2.05) is 0 Å². The van der Waals surface area contributed by atoms with Crippen molar-refractivity contribution >= 4 is 35.7 Å². The second kappa shape index (κ2) is 6.42. The van der Waals surface area contributed by atoms with Crippen molar-refractivity contribution in [3.63, 3.8) is 0 Å². The third-order valence-electron chi connectivity index (χ3n) is 1.95. The van der Waals surface area contributed by atoms with Crippen LogP contribution in [-0.2, 0) is 0 Å². The highest BCUT2D eigenvalue weighted by Crippen LogP contribution is 2.31. The topological polar surface area (TPSA) is 0 Å². The van der Waals surface area contributed by atoms with Gasteiger partial charge in [-0.25, -0.2) is 0 Å². The van der Waals surface area contributed by atoms with Crippen LogP contribution in [0, 0.1) is 5.41 Å². The van der Waals surface area contributed by atoms with Gasteiger partial charge >= 0.3 is 0 Å². The third kappa shape index (κ3) is 6.48. The normalized spacial score (nSPS) is 14.2. The van der Waals surface area contributed by atoms with Crippen LogP contribution in [0.4, 0.5) is 0 Å². The van der Waals surface area contributed by atoms with E-state index in [-0.39, 0.29) is 0 Å². The van der Waals surface area contributed by atoms with Crippen molar-refractivity contribution in [2.45, 2.75) is 34.1 Å². The zero-order valence-corrected chi connectivity index (χ0v) is 11.7. The van der Waals surface area contributed by atoms with E-state index < -0.39 is 0 Å². The van der Waals surface area contributed by atoms with E-state index >= 15 is 0 Å². The molecule has 3 heteroatoms. The second-order valence-corrected chi connectivity index (χ2v) is 7.45. The molecule has 70 valence electrons. The third-order valence-corrected chi connectivity index (χ3v) is 4.96. The molecule has 1 atom stereocenters. The van der Waals surface area contributed by atoms with Gasteiger partial charge in [-0.15, -0.1) is 30.8 Å². The van der Waals surface area contributed by atoms with E-state index in [2.05, 4.69) is 56.1 Å². The Morgan fingerprint density at radius 3 is 2.58 bits per heavy atom. The molecule has 12 heavy (non-hydrogen) atoms. The molecule has 0 radical (unpaired) electrons. The van der Waals surface area contributed by atoms with Crippen molar-refractivity contribution in [3.8, 4) is 0 Å². The summed E-state index contributed by atoms with van der Waals surface area (Å²) >= 11 is 2.47. The molecule has 0 aromatic heterocycles. The molecule has 0 heterocycles. The highest BCUT2D eigenvalue weighted by molar-refractivity contribution is 14.1. The van der Waals surface area contributed by atoms with Gasteiger partial charge in [0.1, 0.15) is 0 Å². The number of hydrogen-bond acceptors (Lipinski definition) is 0. The van der Waals surface area contributed by atoms with Crippen LogP contribution < -0.4 is 0 Å². The van der Waals surface area contributed by atoms with Crippen LogP contribution in [0.15, 0.2) is 11.6 Å². The Hall–Kier alpha value is 0.965. The Kier molecular flexibility index (Phi) is 6.94. The average Bonchev–Trinajstić information content (AvgIpc) is 2.00. The first kappa shape index (κ1) is 13.0. The predicted octanol–water partition coefficient (Wildman–Crippen LogP) is 3.75. The molecule has 0 bridgehead atoms. The van der Waals surface area contributed by atoms with Gasteiger partial charge in [0.2, 0.25) is 4.86 Å². The lowest BCUT2D eigenvalue weighted by Gasteiger charge is -2.24. The maximum atomic E-state index is 2.47. The summed E-state index contributed by atoms with van der Waals surface area (Å²) in [6.45, 7) is 9.11. The minimum atomic E-state index is 0.514. The molecule has 0 fully saturated rings. The van der Waals surface area contributed by atoms with Crippen LogP contribution in [-0.4, -0.2) is 11.0 Å². The molecule has 0 aliphatic carbocycles. The first-order valence-corrected chi connectivity index (χ1v) is 7.34. The molecular weight excluding hydrogens is 277 g/mol. The summed E-state index contributed by atoms with van der Waals surface area (Å²) in [7, 11) is 1.13. The summed E-state index contributed by atoms with van der Waals surface area (Å²) in [5.41, 5.74) is 2.04. The van der Waals surface area contributed by atoms with E-state index in [9.17, 15) is 0 Å². The largest absolute Gasteiger partial charge is 0.225 e. The van der Waals surface area contributed by atoms with Gasteiger partial charge < -0.3 is 0 Å². The molecule has 0 N–H and O–H groups in total. The lowest BCUT2D eigenvalue weighted by atomic mass is 9.88. The van der Waals surface area contributed by atoms with Gasteiger partial charge in [-0.2, -0.15) is 0 Å². The van der Waals surface area contributed by atoms with Crippen LogP contribution >= 0.6 is 30.8 Å². The monoisotopic (exact) mass is 296 g/mol. The summed E-state index contributed by atoms with van der Waals surface area (Å²) in [6.07, 6.45) is 4.86. The minimum Gasteiger partial charge on any atom is -0.148 e. The molecule has 0 nitrogen and oxygen atoms in total. The smallest absolute Gasteiger partial charge is 0.148 e. The highest BCUT2D eigenvalue weighted by atomic mass is 127. The summed E-state index contributed by atoms with van der Waals surface area (Å²) < 4.78 is 0. The molecule has 0 saturated heterocycles. The summed E-state index contributed by atoms with van der Waals surface area (Å²) in [5, 5.41) is 0. The van der Waals surface area contributed by atoms with Gasteiger partial charge in [0.25, 0.3) is 0 Å². The molecular formula is C9H19BIP. The second-order valence-electron chi connectivity index (χ2n) is 4.04. The Morgan fingerprint density at radius 1 is 1.58 bits per heavy atom. The summed E-state index contributed by atoms with van der Waals surface area (Å²) in [5.74, 6) is 0. The zero-order chi connectivity index (χ0) is 9.61. The van der Waals surface area contributed by atoms with E-state index in [4.69, 9.17) is 0 Å².